The van der Waals surface area contributed by atoms with Crippen LogP contribution in [0.1, 0.15) is 36.8 Å². The summed E-state index contributed by atoms with van der Waals surface area (Å²) in [4.78, 5) is 4.44. The van der Waals surface area contributed by atoms with Crippen molar-refractivity contribution in [2.75, 3.05) is 7.11 Å². The van der Waals surface area contributed by atoms with Crippen molar-refractivity contribution < 1.29 is 4.74 Å². The maximum atomic E-state index is 5.46. The highest BCUT2D eigenvalue weighted by molar-refractivity contribution is 5.65. The minimum absolute atomic E-state index is 0.342. The van der Waals surface area contributed by atoms with Crippen molar-refractivity contribution in [3.05, 3.63) is 23.3 Å². The monoisotopic (exact) mass is 219 g/mol. The third-order valence-electron chi connectivity index (χ3n) is 2.64. The highest BCUT2D eigenvalue weighted by Crippen LogP contribution is 2.31. The smallest absolute Gasteiger partial charge is 0.169 e. The Morgan fingerprint density at radius 1 is 1.31 bits per heavy atom. The zero-order valence-electron chi connectivity index (χ0n) is 10.4. The summed E-state index contributed by atoms with van der Waals surface area (Å²) in [6.07, 6.45) is 1.93. The van der Waals surface area contributed by atoms with E-state index in [1.165, 1.54) is 0 Å². The summed E-state index contributed by atoms with van der Waals surface area (Å²) in [5, 5.41) is 4.56. The van der Waals surface area contributed by atoms with E-state index in [2.05, 4.69) is 23.9 Å². The van der Waals surface area contributed by atoms with Gasteiger partial charge in [-0.05, 0) is 13.8 Å². The molecule has 0 saturated carbocycles. The summed E-state index contributed by atoms with van der Waals surface area (Å²) in [6, 6.07) is 0. The van der Waals surface area contributed by atoms with Crippen LogP contribution in [0.5, 0.6) is 5.75 Å². The van der Waals surface area contributed by atoms with Crippen molar-refractivity contribution in [3.8, 4) is 5.75 Å². The first-order chi connectivity index (χ1) is 7.54. The number of aryl methyl sites for hydroxylation is 2. The van der Waals surface area contributed by atoms with Crippen LogP contribution in [0, 0.1) is 13.8 Å². The summed E-state index contributed by atoms with van der Waals surface area (Å²) < 4.78 is 7.32. The second-order valence-corrected chi connectivity index (χ2v) is 4.33. The molecule has 2 heterocycles. The van der Waals surface area contributed by atoms with Gasteiger partial charge >= 0.3 is 0 Å². The minimum atomic E-state index is 0.342. The van der Waals surface area contributed by atoms with E-state index in [1.54, 1.807) is 7.11 Å². The third kappa shape index (κ3) is 1.54. The average Bonchev–Trinajstić information content (AvgIpc) is 2.56. The molecule has 0 radical (unpaired) electrons. The predicted octanol–water partition coefficient (Wildman–Crippen LogP) is 2.48. The van der Waals surface area contributed by atoms with Crippen molar-refractivity contribution >= 4 is 5.52 Å². The van der Waals surface area contributed by atoms with Crippen LogP contribution in [0.2, 0.25) is 0 Å². The third-order valence-corrected chi connectivity index (χ3v) is 2.64. The molecule has 0 spiro atoms. The molecule has 86 valence electrons. The van der Waals surface area contributed by atoms with E-state index in [0.29, 0.717) is 5.92 Å². The standard InChI is InChI=1S/C12H17N3O/c1-7(2)10-12(16-5)11-9(4)13-8(3)6-15(11)14-10/h6-7H,1-5H3. The molecule has 0 N–H and O–H groups in total. The fourth-order valence-corrected chi connectivity index (χ4v) is 1.96. The van der Waals surface area contributed by atoms with Crippen molar-refractivity contribution in [2.45, 2.75) is 33.6 Å². The van der Waals surface area contributed by atoms with Crippen molar-refractivity contribution in [3.63, 3.8) is 0 Å². The molecular weight excluding hydrogens is 202 g/mol. The van der Waals surface area contributed by atoms with Crippen LogP contribution in [-0.4, -0.2) is 21.7 Å². The van der Waals surface area contributed by atoms with Gasteiger partial charge < -0.3 is 4.74 Å². The second-order valence-electron chi connectivity index (χ2n) is 4.33. The molecule has 0 fully saturated rings. The first-order valence-corrected chi connectivity index (χ1v) is 5.45. The van der Waals surface area contributed by atoms with Gasteiger partial charge in [0.25, 0.3) is 0 Å². The van der Waals surface area contributed by atoms with E-state index in [-0.39, 0.29) is 0 Å². The number of aromatic nitrogens is 3. The molecule has 0 amide bonds. The van der Waals surface area contributed by atoms with Crippen LogP contribution in [-0.2, 0) is 0 Å². The molecule has 2 rings (SSSR count). The van der Waals surface area contributed by atoms with E-state index < -0.39 is 0 Å². The lowest BCUT2D eigenvalue weighted by Crippen LogP contribution is -1.96. The molecule has 0 aliphatic rings. The van der Waals surface area contributed by atoms with E-state index in [4.69, 9.17) is 4.74 Å². The number of hydrogen-bond donors (Lipinski definition) is 0. The predicted molar refractivity (Wildman–Crippen MR) is 63.1 cm³/mol. The van der Waals surface area contributed by atoms with Gasteiger partial charge in [0.05, 0.1) is 24.7 Å². The Labute approximate surface area is 95.3 Å². The molecule has 0 saturated heterocycles. The number of nitrogens with zero attached hydrogens (tertiary/aromatic N) is 3. The van der Waals surface area contributed by atoms with Gasteiger partial charge in [-0.15, -0.1) is 0 Å². The lowest BCUT2D eigenvalue weighted by atomic mass is 10.1. The number of rotatable bonds is 2. The topological polar surface area (TPSA) is 39.4 Å². The number of hydrogen-bond acceptors (Lipinski definition) is 3. The lowest BCUT2D eigenvalue weighted by Gasteiger charge is -2.04. The normalized spacial score (nSPS) is 11.4. The number of fused-ring (bicyclic) bond motifs is 1. The summed E-state index contributed by atoms with van der Waals surface area (Å²) in [6.45, 7) is 8.17. The average molecular weight is 219 g/mol. The van der Waals surface area contributed by atoms with E-state index in [1.807, 2.05) is 24.6 Å². The molecule has 4 heteroatoms. The Bertz CT molecular complexity index is 529. The molecule has 16 heavy (non-hydrogen) atoms. The van der Waals surface area contributed by atoms with Gasteiger partial charge in [-0.1, -0.05) is 13.8 Å². The Balaban J connectivity index is 2.82. The molecular formula is C12H17N3O. The van der Waals surface area contributed by atoms with E-state index in [0.717, 1.165) is 28.3 Å². The Morgan fingerprint density at radius 3 is 2.56 bits per heavy atom. The molecule has 0 bridgehead atoms. The van der Waals surface area contributed by atoms with E-state index >= 15 is 0 Å². The quantitative estimate of drug-likeness (QED) is 0.779. The van der Waals surface area contributed by atoms with Gasteiger partial charge in [-0.3, -0.25) is 4.98 Å². The molecule has 0 aliphatic carbocycles. The first kappa shape index (κ1) is 10.9. The van der Waals surface area contributed by atoms with E-state index in [9.17, 15) is 0 Å². The molecule has 4 nitrogen and oxygen atoms in total. The Kier molecular flexibility index (Phi) is 2.58. The molecule has 2 aromatic rings. The van der Waals surface area contributed by atoms with Crippen LogP contribution in [0.25, 0.3) is 5.52 Å². The number of methoxy groups -OCH3 is 1. The van der Waals surface area contributed by atoms with Crippen LogP contribution < -0.4 is 4.74 Å². The minimum Gasteiger partial charge on any atom is -0.492 e. The van der Waals surface area contributed by atoms with Crippen LogP contribution in [0.15, 0.2) is 6.20 Å². The maximum absolute atomic E-state index is 5.46. The summed E-state index contributed by atoms with van der Waals surface area (Å²) >= 11 is 0. The fraction of sp³-hybridized carbons (Fsp3) is 0.500. The van der Waals surface area contributed by atoms with Crippen molar-refractivity contribution in [1.82, 2.24) is 14.6 Å². The molecule has 0 aliphatic heterocycles. The van der Waals surface area contributed by atoms with Gasteiger partial charge in [-0.2, -0.15) is 5.10 Å². The van der Waals surface area contributed by atoms with Crippen LogP contribution in [0.4, 0.5) is 0 Å². The van der Waals surface area contributed by atoms with Crippen molar-refractivity contribution in [2.24, 2.45) is 0 Å². The number of ether oxygens (including phenoxy) is 1. The maximum Gasteiger partial charge on any atom is 0.169 e. The van der Waals surface area contributed by atoms with Crippen LogP contribution in [0.3, 0.4) is 0 Å². The first-order valence-electron chi connectivity index (χ1n) is 5.45. The molecule has 0 aromatic carbocycles. The second kappa shape index (κ2) is 3.77. The van der Waals surface area contributed by atoms with Crippen molar-refractivity contribution in [1.29, 1.82) is 0 Å². The van der Waals surface area contributed by atoms with Gasteiger partial charge in [0.2, 0.25) is 0 Å². The SMILES string of the molecule is COc1c(C(C)C)nn2cc(C)nc(C)c12. The molecule has 2 aromatic heterocycles. The zero-order chi connectivity index (χ0) is 11.9. The largest absolute Gasteiger partial charge is 0.492 e. The summed E-state index contributed by atoms with van der Waals surface area (Å²) in [7, 11) is 1.68. The highest BCUT2D eigenvalue weighted by atomic mass is 16.5. The van der Waals surface area contributed by atoms with Crippen LogP contribution >= 0.6 is 0 Å². The Hall–Kier alpha value is -1.58. The molecule has 0 unspecified atom stereocenters. The Morgan fingerprint density at radius 2 is 2.00 bits per heavy atom. The zero-order valence-corrected chi connectivity index (χ0v) is 10.4. The summed E-state index contributed by atoms with van der Waals surface area (Å²) in [5.74, 6) is 1.19. The van der Waals surface area contributed by atoms with Gasteiger partial charge in [-0.25, -0.2) is 4.52 Å². The highest BCUT2D eigenvalue weighted by Gasteiger charge is 2.18. The summed E-state index contributed by atoms with van der Waals surface area (Å²) in [5.41, 5.74) is 3.87. The van der Waals surface area contributed by atoms with Gasteiger partial charge in [0.1, 0.15) is 11.2 Å². The molecule has 0 atom stereocenters. The van der Waals surface area contributed by atoms with Gasteiger partial charge in [0.15, 0.2) is 5.75 Å². The fourth-order valence-electron chi connectivity index (χ4n) is 1.96. The lowest BCUT2D eigenvalue weighted by molar-refractivity contribution is 0.411. The van der Waals surface area contributed by atoms with Gasteiger partial charge in [0, 0.05) is 5.92 Å².